The molecule has 0 aliphatic carbocycles. The molecule has 0 bridgehead atoms. The third-order valence-electron chi connectivity index (χ3n) is 2.43. The highest BCUT2D eigenvalue weighted by Crippen LogP contribution is 2.29. The van der Waals surface area contributed by atoms with E-state index in [1.807, 2.05) is 4.72 Å². The Morgan fingerprint density at radius 1 is 1.40 bits per heavy atom. The minimum atomic E-state index is -4.14. The third kappa shape index (κ3) is 3.83. The predicted molar refractivity (Wildman–Crippen MR) is 74.3 cm³/mol. The Morgan fingerprint density at radius 2 is 2.00 bits per heavy atom. The van der Waals surface area contributed by atoms with E-state index in [9.17, 15) is 18.3 Å². The van der Waals surface area contributed by atoms with Gasteiger partial charge in [-0.05, 0) is 19.1 Å². The van der Waals surface area contributed by atoms with Crippen molar-refractivity contribution in [3.8, 4) is 0 Å². The summed E-state index contributed by atoms with van der Waals surface area (Å²) in [5.74, 6) is -0.915. The van der Waals surface area contributed by atoms with Crippen LogP contribution in [0.1, 0.15) is 6.92 Å². The van der Waals surface area contributed by atoms with Crippen molar-refractivity contribution in [3.05, 3.63) is 28.2 Å². The van der Waals surface area contributed by atoms with Gasteiger partial charge in [0.25, 0.3) is 0 Å². The summed E-state index contributed by atoms with van der Waals surface area (Å²) >= 11 is 11.6. The zero-order valence-corrected chi connectivity index (χ0v) is 13.0. The van der Waals surface area contributed by atoms with Crippen LogP contribution < -0.4 is 4.72 Å². The van der Waals surface area contributed by atoms with Crippen molar-refractivity contribution in [1.82, 2.24) is 4.72 Å². The van der Waals surface area contributed by atoms with Crippen LogP contribution in [-0.4, -0.2) is 38.7 Å². The van der Waals surface area contributed by atoms with Crippen molar-refractivity contribution in [2.75, 3.05) is 7.11 Å². The Balaban J connectivity index is 3.17. The maximum absolute atomic E-state index is 12.2. The number of rotatable bonds is 5. The van der Waals surface area contributed by atoms with E-state index in [1.165, 1.54) is 25.1 Å². The van der Waals surface area contributed by atoms with E-state index in [4.69, 9.17) is 23.2 Å². The van der Waals surface area contributed by atoms with Crippen LogP contribution in [0.25, 0.3) is 0 Å². The number of ether oxygens (including phenoxy) is 1. The minimum Gasteiger partial charge on any atom is -0.468 e. The summed E-state index contributed by atoms with van der Waals surface area (Å²) in [6, 6.07) is 2.61. The summed E-state index contributed by atoms with van der Waals surface area (Å²) in [6.07, 6.45) is -1.28. The maximum atomic E-state index is 12.2. The lowest BCUT2D eigenvalue weighted by Gasteiger charge is -2.19. The highest BCUT2D eigenvalue weighted by molar-refractivity contribution is 7.89. The summed E-state index contributed by atoms with van der Waals surface area (Å²) in [6.45, 7) is 1.25. The van der Waals surface area contributed by atoms with Gasteiger partial charge in [-0.15, -0.1) is 0 Å². The highest BCUT2D eigenvalue weighted by Gasteiger charge is 2.31. The molecule has 0 saturated heterocycles. The second-order valence-electron chi connectivity index (χ2n) is 3.91. The second-order valence-corrected chi connectivity index (χ2v) is 6.38. The number of esters is 1. The SMILES string of the molecule is COC(=O)C(NS(=O)(=O)c1cccc(Cl)c1Cl)C(C)O. The molecule has 0 radical (unpaired) electrons. The fraction of sp³-hybridized carbons (Fsp3) is 0.364. The first-order chi connectivity index (χ1) is 9.20. The summed E-state index contributed by atoms with van der Waals surface area (Å²) in [5, 5.41) is 9.35. The number of carbonyl (C=O) groups is 1. The van der Waals surface area contributed by atoms with E-state index in [0.29, 0.717) is 0 Å². The van der Waals surface area contributed by atoms with Crippen LogP contribution in [0, 0.1) is 0 Å². The van der Waals surface area contributed by atoms with Crippen molar-refractivity contribution in [2.45, 2.75) is 24.0 Å². The molecule has 0 spiro atoms. The number of halogens is 2. The molecule has 1 rings (SSSR count). The van der Waals surface area contributed by atoms with Gasteiger partial charge >= 0.3 is 5.97 Å². The minimum absolute atomic E-state index is 0.0567. The van der Waals surface area contributed by atoms with E-state index >= 15 is 0 Å². The molecule has 0 saturated carbocycles. The topological polar surface area (TPSA) is 92.7 Å². The Bertz CT molecular complexity index is 603. The Hall–Kier alpha value is -0.860. The van der Waals surface area contributed by atoms with Gasteiger partial charge in [-0.1, -0.05) is 29.3 Å². The van der Waals surface area contributed by atoms with Gasteiger partial charge in [0.15, 0.2) is 0 Å². The Morgan fingerprint density at radius 3 is 2.50 bits per heavy atom. The molecule has 2 atom stereocenters. The Labute approximate surface area is 126 Å². The van der Waals surface area contributed by atoms with Gasteiger partial charge in [-0.25, -0.2) is 8.42 Å². The van der Waals surface area contributed by atoms with Crippen LogP contribution in [0.15, 0.2) is 23.1 Å². The molecule has 0 amide bonds. The molecule has 1 aromatic rings. The lowest BCUT2D eigenvalue weighted by molar-refractivity contribution is -0.145. The van der Waals surface area contributed by atoms with Crippen LogP contribution in [0.2, 0.25) is 10.0 Å². The molecule has 2 N–H and O–H groups in total. The van der Waals surface area contributed by atoms with Crippen molar-refractivity contribution in [1.29, 1.82) is 0 Å². The molecule has 0 aliphatic rings. The van der Waals surface area contributed by atoms with Crippen LogP contribution >= 0.6 is 23.2 Å². The van der Waals surface area contributed by atoms with Gasteiger partial charge in [-0.2, -0.15) is 4.72 Å². The standard InChI is InChI=1S/C11H13Cl2NO5S/c1-6(15)10(11(16)19-2)14-20(17,18)8-5-3-4-7(12)9(8)13/h3-6,10,14-15H,1-2H3. The fourth-order valence-corrected chi connectivity index (χ4v) is 3.41. The average molecular weight is 342 g/mol. The van der Waals surface area contributed by atoms with E-state index < -0.39 is 28.1 Å². The number of carbonyl (C=O) groups excluding carboxylic acids is 1. The number of sulfonamides is 1. The predicted octanol–water partition coefficient (Wildman–Crippen LogP) is 1.19. The van der Waals surface area contributed by atoms with Crippen LogP contribution in [0.3, 0.4) is 0 Å². The average Bonchev–Trinajstić information content (AvgIpc) is 2.37. The normalized spacial score (nSPS) is 14.7. The smallest absolute Gasteiger partial charge is 0.326 e. The van der Waals surface area contributed by atoms with E-state index in [2.05, 4.69) is 4.74 Å². The first kappa shape index (κ1) is 17.2. The van der Waals surface area contributed by atoms with Gasteiger partial charge in [0.2, 0.25) is 10.0 Å². The third-order valence-corrected chi connectivity index (χ3v) is 4.84. The summed E-state index contributed by atoms with van der Waals surface area (Å²) in [5.41, 5.74) is 0. The van der Waals surface area contributed by atoms with Crippen LogP contribution in [0.5, 0.6) is 0 Å². The number of hydrogen-bond acceptors (Lipinski definition) is 5. The van der Waals surface area contributed by atoms with E-state index in [1.54, 1.807) is 0 Å². The summed E-state index contributed by atoms with van der Waals surface area (Å²) in [7, 11) is -3.06. The quantitative estimate of drug-likeness (QED) is 0.785. The zero-order chi connectivity index (χ0) is 15.5. The monoisotopic (exact) mass is 341 g/mol. The van der Waals surface area contributed by atoms with E-state index in [-0.39, 0.29) is 14.9 Å². The molecule has 0 fully saturated rings. The molecule has 6 nitrogen and oxygen atoms in total. The maximum Gasteiger partial charge on any atom is 0.326 e. The molecule has 1 aromatic carbocycles. The molecule has 9 heteroatoms. The zero-order valence-electron chi connectivity index (χ0n) is 10.6. The van der Waals surface area contributed by atoms with Crippen molar-refractivity contribution >= 4 is 39.2 Å². The van der Waals surface area contributed by atoms with E-state index in [0.717, 1.165) is 7.11 Å². The summed E-state index contributed by atoms with van der Waals surface area (Å²) in [4.78, 5) is 11.2. The first-order valence-electron chi connectivity index (χ1n) is 5.43. The highest BCUT2D eigenvalue weighted by atomic mass is 35.5. The number of hydrogen-bond donors (Lipinski definition) is 2. The van der Waals surface area contributed by atoms with Gasteiger partial charge in [0, 0.05) is 0 Å². The van der Waals surface area contributed by atoms with Crippen LogP contribution in [-0.2, 0) is 19.6 Å². The number of aliphatic hydroxyl groups excluding tert-OH is 1. The second kappa shape index (κ2) is 6.73. The molecular formula is C11H13Cl2NO5S. The summed E-state index contributed by atoms with van der Waals surface area (Å²) < 4.78 is 30.8. The van der Waals surface area contributed by atoms with Gasteiger partial charge in [-0.3, -0.25) is 4.79 Å². The molecule has 112 valence electrons. The number of aliphatic hydroxyl groups is 1. The number of benzene rings is 1. The van der Waals surface area contributed by atoms with Gasteiger partial charge in [0.05, 0.1) is 23.3 Å². The lowest BCUT2D eigenvalue weighted by atomic mass is 10.2. The fourth-order valence-electron chi connectivity index (χ4n) is 1.39. The van der Waals surface area contributed by atoms with Crippen molar-refractivity contribution in [2.24, 2.45) is 0 Å². The molecule has 20 heavy (non-hydrogen) atoms. The van der Waals surface area contributed by atoms with Crippen molar-refractivity contribution in [3.63, 3.8) is 0 Å². The molecule has 2 unspecified atom stereocenters. The molecule has 0 aromatic heterocycles. The van der Waals surface area contributed by atoms with Gasteiger partial charge in [0.1, 0.15) is 10.9 Å². The molecular weight excluding hydrogens is 329 g/mol. The number of nitrogens with one attached hydrogen (secondary N) is 1. The lowest BCUT2D eigenvalue weighted by Crippen LogP contribution is -2.48. The molecule has 0 aliphatic heterocycles. The van der Waals surface area contributed by atoms with Crippen molar-refractivity contribution < 1.29 is 23.1 Å². The largest absolute Gasteiger partial charge is 0.468 e. The van der Waals surface area contributed by atoms with Gasteiger partial charge < -0.3 is 9.84 Å². The van der Waals surface area contributed by atoms with Crippen LogP contribution in [0.4, 0.5) is 0 Å². The first-order valence-corrected chi connectivity index (χ1v) is 7.67. The number of methoxy groups -OCH3 is 1. The Kier molecular flexibility index (Phi) is 5.79. The molecule has 0 heterocycles.